The lowest BCUT2D eigenvalue weighted by molar-refractivity contribution is 0.581. The highest BCUT2D eigenvalue weighted by molar-refractivity contribution is 7.91. The lowest BCUT2D eigenvalue weighted by Gasteiger charge is -2.11. The molecule has 0 saturated heterocycles. The molecular weight excluding hydrogens is 210 g/mol. The first kappa shape index (κ1) is 10.5. The molecule has 1 heterocycles. The number of nitrogens with one attached hydrogen (secondary N) is 1. The van der Waals surface area contributed by atoms with Gasteiger partial charge in [-0.2, -0.15) is 0 Å². The van der Waals surface area contributed by atoms with Crippen molar-refractivity contribution in [1.82, 2.24) is 0 Å². The van der Waals surface area contributed by atoms with Crippen molar-refractivity contribution in [2.75, 3.05) is 18.1 Å². The quantitative estimate of drug-likeness (QED) is 0.787. The second kappa shape index (κ2) is 3.85. The molecule has 3 nitrogen and oxygen atoms in total. The number of hydrogen-bond donors (Lipinski definition) is 1. The van der Waals surface area contributed by atoms with Crippen LogP contribution in [0.5, 0.6) is 0 Å². The molecule has 0 spiro atoms. The highest BCUT2D eigenvalue weighted by Gasteiger charge is 2.23. The normalized spacial score (nSPS) is 21.3. The van der Waals surface area contributed by atoms with Crippen LogP contribution < -0.4 is 5.32 Å². The molecule has 0 amide bonds. The van der Waals surface area contributed by atoms with Gasteiger partial charge in [-0.05, 0) is 24.5 Å². The standard InChI is InChI=1S/C11H15NO2S/c1-15(13,14)10-7-6-9-4-2-3-5-11(9)12-8-10/h2-5,10,12H,6-8H2,1H3. The van der Waals surface area contributed by atoms with Crippen molar-refractivity contribution in [3.05, 3.63) is 29.8 Å². The van der Waals surface area contributed by atoms with Crippen LogP contribution in [0.4, 0.5) is 5.69 Å². The fourth-order valence-corrected chi connectivity index (χ4v) is 2.85. The Morgan fingerprint density at radius 1 is 1.33 bits per heavy atom. The molecule has 0 aliphatic carbocycles. The Hall–Kier alpha value is -1.03. The average molecular weight is 225 g/mol. The molecule has 1 aliphatic heterocycles. The zero-order chi connectivity index (χ0) is 10.9. The van der Waals surface area contributed by atoms with E-state index in [-0.39, 0.29) is 5.25 Å². The molecule has 1 N–H and O–H groups in total. The molecular formula is C11H15NO2S. The maximum absolute atomic E-state index is 11.5. The van der Waals surface area contributed by atoms with E-state index in [1.54, 1.807) is 0 Å². The number of sulfone groups is 1. The molecule has 0 fully saturated rings. The van der Waals surface area contributed by atoms with Gasteiger partial charge in [-0.15, -0.1) is 0 Å². The molecule has 1 aliphatic rings. The Morgan fingerprint density at radius 2 is 2.07 bits per heavy atom. The molecule has 1 atom stereocenters. The van der Waals surface area contributed by atoms with Crippen molar-refractivity contribution in [3.8, 4) is 0 Å². The Morgan fingerprint density at radius 3 is 2.80 bits per heavy atom. The number of anilines is 1. The highest BCUT2D eigenvalue weighted by Crippen LogP contribution is 2.22. The van der Waals surface area contributed by atoms with E-state index in [0.29, 0.717) is 13.0 Å². The fraction of sp³-hybridized carbons (Fsp3) is 0.455. The third kappa shape index (κ3) is 2.31. The molecule has 0 bridgehead atoms. The fourth-order valence-electron chi connectivity index (χ4n) is 1.92. The predicted octanol–water partition coefficient (Wildman–Crippen LogP) is 1.46. The van der Waals surface area contributed by atoms with E-state index in [4.69, 9.17) is 0 Å². The summed E-state index contributed by atoms with van der Waals surface area (Å²) in [6, 6.07) is 8.00. The van der Waals surface area contributed by atoms with Crippen LogP contribution in [0.2, 0.25) is 0 Å². The van der Waals surface area contributed by atoms with Crippen molar-refractivity contribution < 1.29 is 8.42 Å². The van der Waals surface area contributed by atoms with Gasteiger partial charge in [0.25, 0.3) is 0 Å². The van der Waals surface area contributed by atoms with Gasteiger partial charge in [0.05, 0.1) is 5.25 Å². The van der Waals surface area contributed by atoms with Gasteiger partial charge in [-0.25, -0.2) is 8.42 Å². The summed E-state index contributed by atoms with van der Waals surface area (Å²) < 4.78 is 22.9. The minimum atomic E-state index is -2.93. The summed E-state index contributed by atoms with van der Waals surface area (Å²) in [5, 5.41) is 2.94. The van der Waals surface area contributed by atoms with Crippen LogP contribution in [-0.4, -0.2) is 26.5 Å². The molecule has 1 aromatic rings. The number of benzene rings is 1. The largest absolute Gasteiger partial charge is 0.384 e. The zero-order valence-electron chi connectivity index (χ0n) is 8.73. The van der Waals surface area contributed by atoms with Gasteiger partial charge in [-0.3, -0.25) is 0 Å². The van der Waals surface area contributed by atoms with Crippen LogP contribution in [-0.2, 0) is 16.3 Å². The van der Waals surface area contributed by atoms with Crippen molar-refractivity contribution in [2.24, 2.45) is 0 Å². The zero-order valence-corrected chi connectivity index (χ0v) is 9.55. The van der Waals surface area contributed by atoms with Crippen LogP contribution in [0.25, 0.3) is 0 Å². The smallest absolute Gasteiger partial charge is 0.152 e. The summed E-state index contributed by atoms with van der Waals surface area (Å²) in [6.07, 6.45) is 2.86. The molecule has 4 heteroatoms. The molecule has 15 heavy (non-hydrogen) atoms. The molecule has 1 aromatic carbocycles. The third-order valence-electron chi connectivity index (χ3n) is 2.88. The third-order valence-corrected chi connectivity index (χ3v) is 4.49. The first-order chi connectivity index (χ1) is 7.07. The molecule has 0 saturated carbocycles. The van der Waals surface area contributed by atoms with Gasteiger partial charge >= 0.3 is 0 Å². The summed E-state index contributed by atoms with van der Waals surface area (Å²) in [6.45, 7) is 0.524. The van der Waals surface area contributed by atoms with Crippen molar-refractivity contribution in [1.29, 1.82) is 0 Å². The van der Waals surface area contributed by atoms with Crippen LogP contribution in [0.15, 0.2) is 24.3 Å². The lowest BCUT2D eigenvalue weighted by Crippen LogP contribution is -2.27. The number of para-hydroxylation sites is 1. The monoisotopic (exact) mass is 225 g/mol. The van der Waals surface area contributed by atoms with Crippen LogP contribution >= 0.6 is 0 Å². The second-order valence-corrected chi connectivity index (χ2v) is 6.35. The maximum atomic E-state index is 11.5. The molecule has 1 unspecified atom stereocenters. The van der Waals surface area contributed by atoms with Crippen LogP contribution in [0.3, 0.4) is 0 Å². The molecule has 82 valence electrons. The molecule has 2 rings (SSSR count). The first-order valence-corrected chi connectivity index (χ1v) is 7.03. The summed E-state index contributed by atoms with van der Waals surface area (Å²) in [5.41, 5.74) is 2.28. The van der Waals surface area contributed by atoms with Gasteiger partial charge in [0.15, 0.2) is 9.84 Å². The summed E-state index contributed by atoms with van der Waals surface area (Å²) in [5.74, 6) is 0. The maximum Gasteiger partial charge on any atom is 0.152 e. The Labute approximate surface area is 90.4 Å². The summed E-state index contributed by atoms with van der Waals surface area (Å²) >= 11 is 0. The Balaban J connectivity index is 2.23. The SMILES string of the molecule is CS(=O)(=O)C1CCc2ccccc2NC1. The number of fused-ring (bicyclic) bond motifs is 1. The molecule has 0 radical (unpaired) electrons. The number of hydrogen-bond acceptors (Lipinski definition) is 3. The van der Waals surface area contributed by atoms with E-state index >= 15 is 0 Å². The van der Waals surface area contributed by atoms with E-state index in [9.17, 15) is 8.42 Å². The van der Waals surface area contributed by atoms with E-state index in [1.807, 2.05) is 24.3 Å². The summed E-state index contributed by atoms with van der Waals surface area (Å²) in [7, 11) is -2.93. The second-order valence-electron chi connectivity index (χ2n) is 4.03. The minimum Gasteiger partial charge on any atom is -0.384 e. The van der Waals surface area contributed by atoms with Crippen LogP contribution in [0.1, 0.15) is 12.0 Å². The topological polar surface area (TPSA) is 46.2 Å². The molecule has 0 aromatic heterocycles. The predicted molar refractivity (Wildman–Crippen MR) is 61.9 cm³/mol. The summed E-state index contributed by atoms with van der Waals surface area (Å²) in [4.78, 5) is 0. The van der Waals surface area contributed by atoms with Gasteiger partial charge in [0.1, 0.15) is 0 Å². The van der Waals surface area contributed by atoms with Crippen LogP contribution in [0, 0.1) is 0 Å². The Kier molecular flexibility index (Phi) is 2.69. The van der Waals surface area contributed by atoms with Gasteiger partial charge in [-0.1, -0.05) is 18.2 Å². The van der Waals surface area contributed by atoms with E-state index in [2.05, 4.69) is 5.32 Å². The van der Waals surface area contributed by atoms with Gasteiger partial charge in [0.2, 0.25) is 0 Å². The van der Waals surface area contributed by atoms with Gasteiger partial charge in [0, 0.05) is 18.5 Å². The van der Waals surface area contributed by atoms with E-state index < -0.39 is 9.84 Å². The highest BCUT2D eigenvalue weighted by atomic mass is 32.2. The minimum absolute atomic E-state index is 0.259. The van der Waals surface area contributed by atoms with Crippen molar-refractivity contribution >= 4 is 15.5 Å². The lowest BCUT2D eigenvalue weighted by atomic mass is 10.1. The van der Waals surface area contributed by atoms with Gasteiger partial charge < -0.3 is 5.32 Å². The average Bonchev–Trinajstić information content (AvgIpc) is 2.38. The first-order valence-electron chi connectivity index (χ1n) is 5.08. The van der Waals surface area contributed by atoms with Crippen molar-refractivity contribution in [3.63, 3.8) is 0 Å². The Bertz CT molecular complexity index is 426. The van der Waals surface area contributed by atoms with Crippen molar-refractivity contribution in [2.45, 2.75) is 18.1 Å². The van der Waals surface area contributed by atoms with E-state index in [1.165, 1.54) is 11.8 Å². The number of rotatable bonds is 1. The van der Waals surface area contributed by atoms with E-state index in [0.717, 1.165) is 12.1 Å². The number of aryl methyl sites for hydroxylation is 1.